The van der Waals surface area contributed by atoms with Crippen LogP contribution in [-0.4, -0.2) is 139 Å². The number of halogens is 1. The Hall–Kier alpha value is -7.96. The zero-order valence-electron chi connectivity index (χ0n) is 52.1. The summed E-state index contributed by atoms with van der Waals surface area (Å²) in [5, 5.41) is 35.9. The van der Waals surface area contributed by atoms with Crippen LogP contribution in [0, 0.1) is 27.7 Å². The number of aliphatic carboxylic acids is 2. The molecule has 91 heavy (non-hydrogen) atoms. The topological polar surface area (TPSA) is 248 Å². The summed E-state index contributed by atoms with van der Waals surface area (Å²) in [4.78, 5) is 84.6. The molecule has 2 atom stereocenters. The summed E-state index contributed by atoms with van der Waals surface area (Å²) < 4.78 is 18.9. The van der Waals surface area contributed by atoms with Gasteiger partial charge in [-0.2, -0.15) is 0 Å². The number of carbonyl (C=O) groups is 6. The third-order valence-electron chi connectivity index (χ3n) is 16.5. The predicted molar refractivity (Wildman–Crippen MR) is 351 cm³/mol. The number of nitrogens with one attached hydrogen (secondary N) is 2. The van der Waals surface area contributed by atoms with E-state index >= 15 is 0 Å². The Morgan fingerprint density at radius 1 is 0.604 bits per heavy atom. The number of benzene rings is 6. The number of anilines is 2. The largest absolute Gasteiger partial charge is 1.00 e. The van der Waals surface area contributed by atoms with Crippen LogP contribution in [0.4, 0.5) is 30.6 Å². The van der Waals surface area contributed by atoms with Gasteiger partial charge < -0.3 is 64.6 Å². The molecule has 6 aromatic carbocycles. The fourth-order valence-corrected chi connectivity index (χ4v) is 11.9. The zero-order chi connectivity index (χ0) is 63.0. The van der Waals surface area contributed by atoms with Crippen molar-refractivity contribution in [3.63, 3.8) is 0 Å². The van der Waals surface area contributed by atoms with Crippen molar-refractivity contribution in [2.75, 3.05) is 49.9 Å². The molecule has 4 aliphatic rings. The van der Waals surface area contributed by atoms with E-state index in [4.69, 9.17) is 14.2 Å². The summed E-state index contributed by atoms with van der Waals surface area (Å²) in [5.74, 6) is -1.11. The number of aryl methyl sites for hydroxylation is 4. The maximum atomic E-state index is 13.0. The van der Waals surface area contributed by atoms with Crippen molar-refractivity contribution in [3.8, 4) is 11.5 Å². The van der Waals surface area contributed by atoms with Crippen LogP contribution in [0.15, 0.2) is 152 Å². The minimum atomic E-state index is -1.49. The number of hydrogen-bond donors (Lipinski definition) is 4. The molecule has 0 radical (unpaired) electrons. The van der Waals surface area contributed by atoms with E-state index in [2.05, 4.69) is 21.7 Å². The molecule has 0 spiro atoms. The molecule has 6 amide bonds. The summed E-state index contributed by atoms with van der Waals surface area (Å²) >= 11 is 0. The normalized spacial score (nSPS) is 15.4. The molecular weight excluding hydrogens is 1280 g/mol. The summed E-state index contributed by atoms with van der Waals surface area (Å²) in [5.41, 5.74) is 11.3. The molecule has 1 aromatic heterocycles. The molecule has 0 aliphatic carbocycles. The van der Waals surface area contributed by atoms with E-state index < -0.39 is 30.2 Å². The van der Waals surface area contributed by atoms with Gasteiger partial charge in [0, 0.05) is 89.4 Å². The molecule has 22 heteroatoms. The van der Waals surface area contributed by atoms with Crippen molar-refractivity contribution in [1.29, 1.82) is 0 Å². The van der Waals surface area contributed by atoms with E-state index in [1.54, 1.807) is 12.4 Å². The Balaban J connectivity index is 0.000000231. The molecule has 476 valence electrons. The van der Waals surface area contributed by atoms with Crippen LogP contribution in [0.25, 0.3) is 0 Å². The van der Waals surface area contributed by atoms with Gasteiger partial charge in [-0.1, -0.05) is 121 Å². The minimum Gasteiger partial charge on any atom is -0.547 e. The van der Waals surface area contributed by atoms with Crippen molar-refractivity contribution < 1.29 is 89.3 Å². The summed E-state index contributed by atoms with van der Waals surface area (Å²) in [6, 6.07) is 42.9. The molecule has 11 rings (SSSR count). The number of imidazole rings is 1. The second kappa shape index (κ2) is 33.9. The molecule has 4 aliphatic heterocycles. The standard InChI is InChI=1S/C33H37N3O6.C18H21N5O2.C18H20O4.HI.Na.H2/c1-22-18-25(19-23(2)30(22)41-21-24-8-4-3-5-9-24)20-29(31(37)38)42-33(40)35-15-13-27(14-16-35)36-17-12-26-10-6-7-11-28(26)34-32(36)39;24-17-20-16-4-2-1-3-14(16)5-11-23(17)15-6-9-21(10-7-15)18(25)22-12-8-19-13-22;1-12-8-15(10-16(19)18(20)21)9-13(2)17(12)22-11-14-6-4-3-5-7-14;;;/h3-11,18-19,27,29H,12-17,20-21H2,1-2H3,(H,34,39)(H,37,38);1-4,8,12-13,15H,5-7,9-11H2,(H,20,24);3-9,16,19H,10-11H2,1-2H3,(H,20,21);1H;;1H/q;;;;+1;/p-1/t29-;;16-;;;/m1.1.../s1. The van der Waals surface area contributed by atoms with Gasteiger partial charge in [-0.15, -0.1) is 24.0 Å². The van der Waals surface area contributed by atoms with Crippen LogP contribution in [-0.2, 0) is 53.2 Å². The molecule has 20 nitrogen and oxygen atoms in total. The van der Waals surface area contributed by atoms with Gasteiger partial charge >= 0.3 is 59.7 Å². The number of nitrogens with zero attached hydrogens (tertiary/aromatic N) is 6. The molecular formula is C69H80IN8NaO12. The van der Waals surface area contributed by atoms with E-state index in [-0.39, 0.29) is 98.0 Å². The Morgan fingerprint density at radius 3 is 1.44 bits per heavy atom. The van der Waals surface area contributed by atoms with Gasteiger partial charge in [-0.3, -0.25) is 4.57 Å². The second-order valence-corrected chi connectivity index (χ2v) is 22.9. The minimum absolute atomic E-state index is 0. The molecule has 4 N–H and O–H groups in total. The molecule has 7 aromatic rings. The number of carboxylic acid groups (broad SMARTS) is 2. The van der Waals surface area contributed by atoms with Gasteiger partial charge in [0.05, 0.1) is 12.1 Å². The number of aliphatic hydroxyl groups is 1. The number of aliphatic hydroxyl groups excluding tert-OH is 1. The Kier molecular flexibility index (Phi) is 26.3. The van der Waals surface area contributed by atoms with Gasteiger partial charge in [-0.25, -0.2) is 29.0 Å². The van der Waals surface area contributed by atoms with Gasteiger partial charge in [-0.05, 0) is 134 Å². The van der Waals surface area contributed by atoms with E-state index in [1.165, 1.54) is 21.4 Å². The van der Waals surface area contributed by atoms with Crippen LogP contribution < -0.4 is 54.8 Å². The van der Waals surface area contributed by atoms with Gasteiger partial charge in [0.2, 0.25) is 6.10 Å². The number of hydrogen-bond acceptors (Lipinski definition) is 12. The van der Waals surface area contributed by atoms with Crippen molar-refractivity contribution >= 4 is 71.5 Å². The van der Waals surface area contributed by atoms with E-state index in [0.717, 1.165) is 98.6 Å². The quantitative estimate of drug-likeness (QED) is 0.0579. The first kappa shape index (κ1) is 70.5. The first-order chi connectivity index (χ1) is 43.0. The summed E-state index contributed by atoms with van der Waals surface area (Å²) in [6.45, 7) is 12.0. The van der Waals surface area contributed by atoms with Crippen LogP contribution in [0.3, 0.4) is 0 Å². The number of carboxylic acids is 2. The first-order valence-corrected chi connectivity index (χ1v) is 30.2. The van der Waals surface area contributed by atoms with E-state index in [0.29, 0.717) is 65.3 Å². The van der Waals surface area contributed by atoms with Crippen molar-refractivity contribution in [2.24, 2.45) is 0 Å². The number of aromatic nitrogens is 2. The molecule has 0 bridgehead atoms. The fraction of sp³-hybridized carbons (Fsp3) is 0.348. The van der Waals surface area contributed by atoms with Gasteiger partial charge in [0.15, 0.2) is 0 Å². The Bertz CT molecular complexity index is 3550. The average Bonchev–Trinajstić information content (AvgIpc) is 1.56. The Labute approximate surface area is 571 Å². The monoisotopic (exact) mass is 1360 g/mol. The van der Waals surface area contributed by atoms with E-state index in [1.807, 2.05) is 170 Å². The summed E-state index contributed by atoms with van der Waals surface area (Å²) in [6.07, 6.45) is 5.80. The van der Waals surface area contributed by atoms with Crippen LogP contribution >= 0.6 is 24.0 Å². The number of fused-ring (bicyclic) bond motifs is 2. The number of para-hydroxylation sites is 2. The second-order valence-electron chi connectivity index (χ2n) is 22.9. The molecule has 0 unspecified atom stereocenters. The number of amides is 6. The predicted octanol–water partition coefficient (Wildman–Crippen LogP) is 7.38. The number of rotatable bonds is 15. The molecule has 5 heterocycles. The van der Waals surface area contributed by atoms with Gasteiger partial charge in [0.1, 0.15) is 31.0 Å². The van der Waals surface area contributed by atoms with E-state index in [9.17, 15) is 44.1 Å². The van der Waals surface area contributed by atoms with Crippen molar-refractivity contribution in [2.45, 2.75) is 117 Å². The summed E-state index contributed by atoms with van der Waals surface area (Å²) in [7, 11) is 0. The van der Waals surface area contributed by atoms with Crippen LogP contribution in [0.2, 0.25) is 0 Å². The Morgan fingerprint density at radius 2 is 1.02 bits per heavy atom. The maximum Gasteiger partial charge on any atom is 1.00 e. The average molecular weight is 1360 g/mol. The van der Waals surface area contributed by atoms with Crippen LogP contribution in [0.5, 0.6) is 11.5 Å². The number of ether oxygens (including phenoxy) is 3. The van der Waals surface area contributed by atoms with Crippen molar-refractivity contribution in [1.82, 2.24) is 29.2 Å². The fourth-order valence-electron chi connectivity index (χ4n) is 11.9. The maximum absolute atomic E-state index is 13.0. The SMILES string of the molecule is Cc1cc(C[C@@H](O)C(=O)[O-])cc(C)c1OCc1ccccc1.Cc1cc(C[C@@H](OC(=O)N2CCC(N3CCc4ccccc4NC3=O)CC2)C(=O)O)cc(C)c1OCc1ccccc1.I.O=C1Nc2ccccc2CCN1C1CCN(C(=O)n2ccnc2)CC1.[HH].[Na+]. The zero-order valence-corrected chi connectivity index (χ0v) is 56.5. The number of likely N-dealkylation sites (tertiary alicyclic amines) is 2. The van der Waals surface area contributed by atoms with Crippen LogP contribution in [0.1, 0.15) is 82.7 Å². The first-order valence-electron chi connectivity index (χ1n) is 30.2. The molecule has 2 fully saturated rings. The third-order valence-corrected chi connectivity index (χ3v) is 16.5. The van der Waals surface area contributed by atoms with Gasteiger partial charge in [0.25, 0.3) is 0 Å². The number of carbonyl (C=O) groups excluding carboxylic acids is 5. The smallest absolute Gasteiger partial charge is 0.547 e. The molecule has 2 saturated heterocycles. The van der Waals surface area contributed by atoms with Crippen molar-refractivity contribution in [3.05, 3.63) is 208 Å². The number of piperidine rings is 2. The molecule has 0 saturated carbocycles. The number of urea groups is 2. The third kappa shape index (κ3) is 19.3.